The number of benzene rings is 2. The highest BCUT2D eigenvalue weighted by Crippen LogP contribution is 2.16. The molecule has 222 valence electrons. The number of imidazole rings is 1. The van der Waals surface area contributed by atoms with Gasteiger partial charge >= 0.3 is 12.1 Å². The highest BCUT2D eigenvalue weighted by molar-refractivity contribution is 6.05. The number of esters is 1. The fourth-order valence-corrected chi connectivity index (χ4v) is 4.53. The summed E-state index contributed by atoms with van der Waals surface area (Å²) >= 11 is 0. The van der Waals surface area contributed by atoms with Gasteiger partial charge in [-0.1, -0.05) is 60.7 Å². The molecular weight excluding hydrogens is 538 g/mol. The van der Waals surface area contributed by atoms with Crippen LogP contribution in [0.2, 0.25) is 0 Å². The van der Waals surface area contributed by atoms with Gasteiger partial charge in [-0.15, -0.1) is 0 Å². The van der Waals surface area contributed by atoms with Gasteiger partial charge in [0.1, 0.15) is 23.9 Å². The number of hydrogen-bond donors (Lipinski definition) is 3. The number of H-pyrrole nitrogens is 1. The minimum atomic E-state index is -1.01. The fourth-order valence-electron chi connectivity index (χ4n) is 4.53. The van der Waals surface area contributed by atoms with Crippen LogP contribution in [0.25, 0.3) is 0 Å². The first-order valence-corrected chi connectivity index (χ1v) is 14.0. The monoisotopic (exact) mass is 575 g/mol. The molecule has 0 unspecified atom stereocenters. The Morgan fingerprint density at radius 2 is 1.57 bits per heavy atom. The van der Waals surface area contributed by atoms with E-state index in [4.69, 9.17) is 9.47 Å². The fraction of sp³-hybridized carbons (Fsp3) is 0.387. The van der Waals surface area contributed by atoms with E-state index in [0.29, 0.717) is 25.9 Å². The molecule has 3 aromatic rings. The molecule has 42 heavy (non-hydrogen) atoms. The SMILES string of the molecule is CC(C)(C)OC(=O)N1CCC(NC(=O)c2[nH]cnc2C(=O)N[C@@H](Cc2ccccc2)C(=O)OCc2ccccc2)CC1. The topological polar surface area (TPSA) is 143 Å². The highest BCUT2D eigenvalue weighted by atomic mass is 16.6. The molecule has 11 nitrogen and oxygen atoms in total. The minimum Gasteiger partial charge on any atom is -0.459 e. The Bertz CT molecular complexity index is 1360. The first kappa shape index (κ1) is 30.3. The zero-order valence-electron chi connectivity index (χ0n) is 24.1. The molecule has 11 heteroatoms. The maximum Gasteiger partial charge on any atom is 0.410 e. The molecule has 1 atom stereocenters. The summed E-state index contributed by atoms with van der Waals surface area (Å²) < 4.78 is 10.9. The van der Waals surface area contributed by atoms with Crippen LogP contribution in [0.15, 0.2) is 67.0 Å². The number of nitrogens with one attached hydrogen (secondary N) is 3. The van der Waals surface area contributed by atoms with Crippen LogP contribution in [0.5, 0.6) is 0 Å². The zero-order chi connectivity index (χ0) is 30.1. The molecule has 0 bridgehead atoms. The number of piperidine rings is 1. The molecule has 3 amide bonds. The van der Waals surface area contributed by atoms with Gasteiger partial charge in [-0.25, -0.2) is 14.6 Å². The van der Waals surface area contributed by atoms with Gasteiger partial charge in [0.2, 0.25) is 0 Å². The minimum absolute atomic E-state index is 0.0156. The lowest BCUT2D eigenvalue weighted by atomic mass is 10.0. The van der Waals surface area contributed by atoms with Crippen LogP contribution in [-0.2, 0) is 27.3 Å². The summed E-state index contributed by atoms with van der Waals surface area (Å²) in [5.41, 5.74) is 0.917. The summed E-state index contributed by atoms with van der Waals surface area (Å²) in [6.45, 7) is 6.36. The molecule has 0 aliphatic carbocycles. The molecule has 1 aromatic heterocycles. The first-order valence-electron chi connectivity index (χ1n) is 14.0. The van der Waals surface area contributed by atoms with Gasteiger partial charge in [0.15, 0.2) is 5.69 Å². The Kier molecular flexibility index (Phi) is 9.95. The third-order valence-electron chi connectivity index (χ3n) is 6.66. The Morgan fingerprint density at radius 3 is 2.19 bits per heavy atom. The largest absolute Gasteiger partial charge is 0.459 e. The predicted octanol–water partition coefficient (Wildman–Crippen LogP) is 3.62. The Morgan fingerprint density at radius 1 is 0.952 bits per heavy atom. The Labute approximate surface area is 245 Å². The molecule has 0 saturated carbocycles. The first-order chi connectivity index (χ1) is 20.1. The second-order valence-electron chi connectivity index (χ2n) is 11.2. The lowest BCUT2D eigenvalue weighted by molar-refractivity contribution is -0.147. The van der Waals surface area contributed by atoms with E-state index in [1.807, 2.05) is 81.4 Å². The normalized spacial score (nSPS) is 14.5. The molecule has 1 aliphatic rings. The quantitative estimate of drug-likeness (QED) is 0.331. The highest BCUT2D eigenvalue weighted by Gasteiger charge is 2.30. The molecule has 1 aliphatic heterocycles. The van der Waals surface area contributed by atoms with E-state index < -0.39 is 29.4 Å². The van der Waals surface area contributed by atoms with Gasteiger partial charge in [-0.2, -0.15) is 0 Å². The van der Waals surface area contributed by atoms with Crippen LogP contribution in [0.1, 0.15) is 65.7 Å². The summed E-state index contributed by atoms with van der Waals surface area (Å²) in [5, 5.41) is 5.62. The molecule has 0 spiro atoms. The van der Waals surface area contributed by atoms with Gasteiger partial charge < -0.3 is 30.0 Å². The van der Waals surface area contributed by atoms with E-state index in [0.717, 1.165) is 11.1 Å². The number of aromatic amines is 1. The van der Waals surface area contributed by atoms with Crippen molar-refractivity contribution in [2.24, 2.45) is 0 Å². The summed E-state index contributed by atoms with van der Waals surface area (Å²) in [4.78, 5) is 60.2. The summed E-state index contributed by atoms with van der Waals surface area (Å²) in [6.07, 6.45) is 2.14. The zero-order valence-corrected chi connectivity index (χ0v) is 24.1. The van der Waals surface area contributed by atoms with Crippen LogP contribution in [0.4, 0.5) is 4.79 Å². The molecule has 1 fully saturated rings. The van der Waals surface area contributed by atoms with Crippen molar-refractivity contribution in [2.75, 3.05) is 13.1 Å². The summed E-state index contributed by atoms with van der Waals surface area (Å²) in [7, 11) is 0. The lowest BCUT2D eigenvalue weighted by Gasteiger charge is -2.33. The van der Waals surface area contributed by atoms with E-state index in [9.17, 15) is 19.2 Å². The smallest absolute Gasteiger partial charge is 0.410 e. The van der Waals surface area contributed by atoms with Gasteiger partial charge in [-0.3, -0.25) is 9.59 Å². The van der Waals surface area contributed by atoms with E-state index >= 15 is 0 Å². The number of amides is 3. The number of aromatic nitrogens is 2. The van der Waals surface area contributed by atoms with Gasteiger partial charge in [0, 0.05) is 25.6 Å². The van der Waals surface area contributed by atoms with Crippen LogP contribution in [0.3, 0.4) is 0 Å². The molecule has 2 aromatic carbocycles. The van der Waals surface area contributed by atoms with Crippen molar-refractivity contribution in [3.05, 3.63) is 89.5 Å². The van der Waals surface area contributed by atoms with Gasteiger partial charge in [0.05, 0.1) is 6.33 Å². The number of carbonyl (C=O) groups is 4. The average Bonchev–Trinajstić information content (AvgIpc) is 3.47. The molecule has 1 saturated heterocycles. The lowest BCUT2D eigenvalue weighted by Crippen LogP contribution is -2.48. The van der Waals surface area contributed by atoms with Crippen LogP contribution >= 0.6 is 0 Å². The molecular formula is C31H37N5O6. The number of rotatable bonds is 9. The number of nitrogens with zero attached hydrogens (tertiary/aromatic N) is 2. The average molecular weight is 576 g/mol. The maximum atomic E-state index is 13.3. The Balaban J connectivity index is 1.37. The Hall–Kier alpha value is -4.67. The molecule has 3 N–H and O–H groups in total. The third-order valence-corrected chi connectivity index (χ3v) is 6.66. The predicted molar refractivity (Wildman–Crippen MR) is 155 cm³/mol. The van der Waals surface area contributed by atoms with E-state index in [2.05, 4.69) is 20.6 Å². The van der Waals surface area contributed by atoms with Gasteiger partial charge in [0.25, 0.3) is 11.8 Å². The molecule has 2 heterocycles. The second kappa shape index (κ2) is 13.8. The number of ether oxygens (including phenoxy) is 2. The molecule has 0 radical (unpaired) electrons. The van der Waals surface area contributed by atoms with Crippen molar-refractivity contribution in [2.45, 2.75) is 64.3 Å². The van der Waals surface area contributed by atoms with Crippen molar-refractivity contribution >= 4 is 23.9 Å². The van der Waals surface area contributed by atoms with E-state index in [1.54, 1.807) is 4.90 Å². The summed E-state index contributed by atoms with van der Waals surface area (Å²) in [5.74, 6) is -1.78. The van der Waals surface area contributed by atoms with Crippen LogP contribution in [0, 0.1) is 0 Å². The van der Waals surface area contributed by atoms with Crippen LogP contribution in [-0.4, -0.2) is 69.5 Å². The number of hydrogen-bond acceptors (Lipinski definition) is 7. The van der Waals surface area contributed by atoms with Crippen molar-refractivity contribution in [3.63, 3.8) is 0 Å². The maximum absolute atomic E-state index is 13.3. The van der Waals surface area contributed by atoms with Crippen LogP contribution < -0.4 is 10.6 Å². The van der Waals surface area contributed by atoms with Gasteiger partial charge in [-0.05, 0) is 44.7 Å². The summed E-state index contributed by atoms with van der Waals surface area (Å²) in [6, 6.07) is 17.3. The van der Waals surface area contributed by atoms with E-state index in [-0.39, 0.29) is 36.6 Å². The van der Waals surface area contributed by atoms with Crippen molar-refractivity contribution < 1.29 is 28.7 Å². The van der Waals surface area contributed by atoms with E-state index in [1.165, 1.54) is 6.33 Å². The van der Waals surface area contributed by atoms with Crippen molar-refractivity contribution in [1.29, 1.82) is 0 Å². The third kappa shape index (κ3) is 8.66. The standard InChI is InChI=1S/C31H37N5O6/c1-31(2,3)42-30(40)36-16-14-23(15-17-36)34-27(37)25-26(33-20-32-25)28(38)35-24(18-21-10-6-4-7-11-21)29(39)41-19-22-12-8-5-9-13-22/h4-13,20,23-24H,14-19H2,1-3H3,(H,32,33)(H,34,37)(H,35,38)/t24-/m0/s1. The number of carbonyl (C=O) groups excluding carboxylic acids is 4. The van der Waals surface area contributed by atoms with Crippen molar-refractivity contribution in [1.82, 2.24) is 25.5 Å². The van der Waals surface area contributed by atoms with Crippen molar-refractivity contribution in [3.8, 4) is 0 Å². The second-order valence-corrected chi connectivity index (χ2v) is 11.2. The molecule has 4 rings (SSSR count). The number of likely N-dealkylation sites (tertiary alicyclic amines) is 1.